The Kier molecular flexibility index (Phi) is 4.39. The highest BCUT2D eigenvalue weighted by Crippen LogP contribution is 2.38. The molecule has 24 heavy (non-hydrogen) atoms. The molecule has 1 aromatic heterocycles. The van der Waals surface area contributed by atoms with E-state index in [4.69, 9.17) is 9.47 Å². The van der Waals surface area contributed by atoms with Crippen LogP contribution in [0.4, 0.5) is 10.7 Å². The molecule has 7 nitrogen and oxygen atoms in total. The third-order valence-corrected chi connectivity index (χ3v) is 4.58. The van der Waals surface area contributed by atoms with Crippen LogP contribution in [0.1, 0.15) is 29.1 Å². The quantitative estimate of drug-likeness (QED) is 0.658. The molecule has 1 atom stereocenters. The Balaban J connectivity index is 1.86. The Morgan fingerprint density at radius 2 is 2.29 bits per heavy atom. The Morgan fingerprint density at radius 3 is 2.96 bits per heavy atom. The largest absolute Gasteiger partial charge is 0.492 e. The minimum atomic E-state index is -0.516. The van der Waals surface area contributed by atoms with Crippen molar-refractivity contribution in [1.82, 2.24) is 0 Å². The van der Waals surface area contributed by atoms with E-state index in [2.05, 4.69) is 5.32 Å². The second-order valence-electron chi connectivity index (χ2n) is 5.37. The molecule has 1 aliphatic heterocycles. The number of amides is 1. The number of rotatable bonds is 5. The molecule has 0 saturated carbocycles. The first-order valence-electron chi connectivity index (χ1n) is 7.50. The van der Waals surface area contributed by atoms with Crippen LogP contribution >= 0.6 is 11.3 Å². The van der Waals surface area contributed by atoms with Crippen molar-refractivity contribution in [2.45, 2.75) is 26.4 Å². The van der Waals surface area contributed by atoms with Crippen LogP contribution in [0, 0.1) is 10.1 Å². The van der Waals surface area contributed by atoms with Crippen LogP contribution in [0.15, 0.2) is 24.3 Å². The molecule has 0 saturated heterocycles. The van der Waals surface area contributed by atoms with Gasteiger partial charge in [0.1, 0.15) is 17.6 Å². The van der Waals surface area contributed by atoms with Gasteiger partial charge < -0.3 is 14.8 Å². The average Bonchev–Trinajstić information content (AvgIpc) is 3.13. The smallest absolute Gasteiger partial charge is 0.324 e. The lowest BCUT2D eigenvalue weighted by Crippen LogP contribution is -2.11. The molecule has 8 heteroatoms. The topological polar surface area (TPSA) is 90.7 Å². The van der Waals surface area contributed by atoms with Crippen molar-refractivity contribution >= 4 is 27.9 Å². The summed E-state index contributed by atoms with van der Waals surface area (Å²) in [6.07, 6.45) is 0.876. The van der Waals surface area contributed by atoms with Gasteiger partial charge in [-0.2, -0.15) is 0 Å². The molecule has 1 aliphatic rings. The zero-order valence-electron chi connectivity index (χ0n) is 13.2. The highest BCUT2D eigenvalue weighted by atomic mass is 32.1. The number of nitro groups is 1. The van der Waals surface area contributed by atoms with E-state index in [1.807, 2.05) is 19.9 Å². The van der Waals surface area contributed by atoms with Crippen molar-refractivity contribution in [3.63, 3.8) is 0 Å². The van der Waals surface area contributed by atoms with E-state index in [0.29, 0.717) is 18.0 Å². The molecule has 0 bridgehead atoms. The van der Waals surface area contributed by atoms with E-state index in [1.165, 1.54) is 12.1 Å². The number of hydrogen-bond donors (Lipinski definition) is 1. The summed E-state index contributed by atoms with van der Waals surface area (Å²) in [4.78, 5) is 22.8. The maximum atomic E-state index is 12.4. The summed E-state index contributed by atoms with van der Waals surface area (Å²) in [5.74, 6) is 0.867. The molecule has 2 aromatic rings. The normalized spacial score (nSPS) is 15.5. The average molecular weight is 348 g/mol. The van der Waals surface area contributed by atoms with Crippen LogP contribution in [0.2, 0.25) is 0 Å². The molecule has 0 fully saturated rings. The Morgan fingerprint density at radius 1 is 1.50 bits per heavy atom. The molecule has 1 unspecified atom stereocenters. The number of benzene rings is 1. The molecule has 0 spiro atoms. The lowest BCUT2D eigenvalue weighted by atomic mass is 10.1. The molecule has 1 aromatic carbocycles. The van der Waals surface area contributed by atoms with Gasteiger partial charge in [-0.3, -0.25) is 14.9 Å². The SMILES string of the molecule is CCOc1cc2c(cc1NC(=O)c1ccc([N+](=O)[O-])s1)OC(C)C2. The molecule has 1 N–H and O–H groups in total. The first kappa shape index (κ1) is 16.3. The van der Waals surface area contributed by atoms with Gasteiger partial charge in [0.15, 0.2) is 0 Å². The van der Waals surface area contributed by atoms with Gasteiger partial charge in [-0.25, -0.2) is 0 Å². The predicted octanol–water partition coefficient (Wildman–Crippen LogP) is 3.63. The zero-order chi connectivity index (χ0) is 17.3. The minimum Gasteiger partial charge on any atom is -0.492 e. The fourth-order valence-electron chi connectivity index (χ4n) is 2.54. The summed E-state index contributed by atoms with van der Waals surface area (Å²) >= 11 is 0.830. The van der Waals surface area contributed by atoms with Crippen molar-refractivity contribution in [3.8, 4) is 11.5 Å². The van der Waals surface area contributed by atoms with Gasteiger partial charge in [-0.15, -0.1) is 0 Å². The van der Waals surface area contributed by atoms with Crippen molar-refractivity contribution < 1.29 is 19.2 Å². The second-order valence-corrected chi connectivity index (χ2v) is 6.43. The van der Waals surface area contributed by atoms with Crippen molar-refractivity contribution in [2.75, 3.05) is 11.9 Å². The Bertz CT molecular complexity index is 802. The first-order chi connectivity index (χ1) is 11.5. The number of hydrogen-bond acceptors (Lipinski definition) is 6. The third kappa shape index (κ3) is 3.18. The van der Waals surface area contributed by atoms with E-state index in [9.17, 15) is 14.9 Å². The van der Waals surface area contributed by atoms with Crippen LogP contribution in [0.25, 0.3) is 0 Å². The third-order valence-electron chi connectivity index (χ3n) is 3.54. The molecule has 3 rings (SSSR count). The fraction of sp³-hybridized carbons (Fsp3) is 0.312. The van der Waals surface area contributed by atoms with E-state index >= 15 is 0 Å². The van der Waals surface area contributed by atoms with Gasteiger partial charge in [0.25, 0.3) is 5.91 Å². The van der Waals surface area contributed by atoms with Gasteiger partial charge in [0.05, 0.1) is 22.1 Å². The summed E-state index contributed by atoms with van der Waals surface area (Å²) in [5, 5.41) is 13.4. The summed E-state index contributed by atoms with van der Waals surface area (Å²) in [7, 11) is 0. The summed E-state index contributed by atoms with van der Waals surface area (Å²) < 4.78 is 11.3. The van der Waals surface area contributed by atoms with Crippen molar-refractivity contribution in [3.05, 3.63) is 44.8 Å². The molecule has 0 aliphatic carbocycles. The van der Waals surface area contributed by atoms with Crippen LogP contribution in [0.3, 0.4) is 0 Å². The lowest BCUT2D eigenvalue weighted by Gasteiger charge is -2.13. The number of nitrogens with zero attached hydrogens (tertiary/aromatic N) is 1. The van der Waals surface area contributed by atoms with E-state index < -0.39 is 10.8 Å². The highest BCUT2D eigenvalue weighted by molar-refractivity contribution is 7.17. The maximum Gasteiger partial charge on any atom is 0.324 e. The maximum absolute atomic E-state index is 12.4. The number of nitrogens with one attached hydrogen (secondary N) is 1. The molecular formula is C16H16N2O5S. The summed E-state index contributed by atoms with van der Waals surface area (Å²) in [6, 6.07) is 6.36. The zero-order valence-corrected chi connectivity index (χ0v) is 14.0. The molecular weight excluding hydrogens is 332 g/mol. The van der Waals surface area contributed by atoms with Gasteiger partial charge >= 0.3 is 5.00 Å². The number of anilines is 1. The minimum absolute atomic E-state index is 0.0729. The number of thiophene rings is 1. The number of ether oxygens (including phenoxy) is 2. The highest BCUT2D eigenvalue weighted by Gasteiger charge is 2.23. The molecule has 0 radical (unpaired) electrons. The van der Waals surface area contributed by atoms with E-state index in [0.717, 1.165) is 29.1 Å². The molecule has 1 amide bonds. The summed E-state index contributed by atoms with van der Waals surface area (Å²) in [6.45, 7) is 4.30. The predicted molar refractivity (Wildman–Crippen MR) is 90.3 cm³/mol. The van der Waals surface area contributed by atoms with E-state index in [-0.39, 0.29) is 16.0 Å². The van der Waals surface area contributed by atoms with Crippen LogP contribution < -0.4 is 14.8 Å². The molecule has 2 heterocycles. The fourth-order valence-corrected chi connectivity index (χ4v) is 3.26. The van der Waals surface area contributed by atoms with Crippen LogP contribution in [-0.2, 0) is 6.42 Å². The van der Waals surface area contributed by atoms with Gasteiger partial charge in [-0.1, -0.05) is 11.3 Å². The van der Waals surface area contributed by atoms with E-state index in [1.54, 1.807) is 6.07 Å². The van der Waals surface area contributed by atoms with Crippen LogP contribution in [-0.4, -0.2) is 23.5 Å². The monoisotopic (exact) mass is 348 g/mol. The van der Waals surface area contributed by atoms with Crippen LogP contribution in [0.5, 0.6) is 11.5 Å². The van der Waals surface area contributed by atoms with Crippen molar-refractivity contribution in [2.24, 2.45) is 0 Å². The number of carbonyl (C=O) groups excluding carboxylic acids is 1. The number of carbonyl (C=O) groups is 1. The second kappa shape index (κ2) is 6.48. The number of fused-ring (bicyclic) bond motifs is 1. The Hall–Kier alpha value is -2.61. The Labute approximate surface area is 142 Å². The van der Waals surface area contributed by atoms with Gasteiger partial charge in [-0.05, 0) is 26.0 Å². The molecule has 126 valence electrons. The standard InChI is InChI=1S/C16H16N2O5S/c1-3-22-13-7-10-6-9(2)23-12(10)8-11(13)17-16(19)14-4-5-15(24-14)18(20)21/h4-5,7-9H,3,6H2,1-2H3,(H,17,19). The van der Waals surface area contributed by atoms with Gasteiger partial charge in [0.2, 0.25) is 0 Å². The van der Waals surface area contributed by atoms with Crippen molar-refractivity contribution in [1.29, 1.82) is 0 Å². The van der Waals surface area contributed by atoms with Gasteiger partial charge in [0, 0.05) is 24.1 Å². The lowest BCUT2D eigenvalue weighted by molar-refractivity contribution is -0.380. The summed E-state index contributed by atoms with van der Waals surface area (Å²) in [5.41, 5.74) is 1.53. The first-order valence-corrected chi connectivity index (χ1v) is 8.31.